The molecule has 0 amide bonds. The molecule has 1 aromatic rings. The number of hydrogen-bond acceptors (Lipinski definition) is 4. The predicted molar refractivity (Wildman–Crippen MR) is 75.9 cm³/mol. The van der Waals surface area contributed by atoms with Gasteiger partial charge in [0.25, 0.3) is 14.8 Å². The lowest BCUT2D eigenvalue weighted by Crippen LogP contribution is -2.63. The maximum Gasteiger partial charge on any atom is 0.418 e. The van der Waals surface area contributed by atoms with Crippen molar-refractivity contribution in [2.75, 3.05) is 0 Å². The summed E-state index contributed by atoms with van der Waals surface area (Å²) in [4.78, 5) is -1.85. The molecule has 0 unspecified atom stereocenters. The van der Waals surface area contributed by atoms with Crippen LogP contribution in [0, 0.1) is 6.92 Å². The molecule has 28 heavy (non-hydrogen) atoms. The van der Waals surface area contributed by atoms with Gasteiger partial charge in [0.2, 0.25) is 10.0 Å². The molecule has 0 bridgehead atoms. The first-order valence-electron chi connectivity index (χ1n) is 6.67. The Morgan fingerprint density at radius 3 is 1.61 bits per heavy atom. The third-order valence-corrected chi connectivity index (χ3v) is 7.78. The Bertz CT molecular complexity index is 946. The fourth-order valence-corrected chi connectivity index (χ4v) is 5.43. The molecule has 162 valence electrons. The van der Waals surface area contributed by atoms with Crippen LogP contribution in [0.15, 0.2) is 23.1 Å². The molecular formula is C12H10F9NO4S2. The van der Waals surface area contributed by atoms with Gasteiger partial charge < -0.3 is 0 Å². The quantitative estimate of drug-likeness (QED) is 0.688. The van der Waals surface area contributed by atoms with Crippen LogP contribution in [0.3, 0.4) is 0 Å². The Balaban J connectivity index is 3.71. The average Bonchev–Trinajstić information content (AvgIpc) is 2.41. The van der Waals surface area contributed by atoms with E-state index in [1.54, 1.807) is 0 Å². The van der Waals surface area contributed by atoms with Gasteiger partial charge in [-0.3, -0.25) is 0 Å². The molecule has 0 fully saturated rings. The molecule has 16 heteroatoms. The van der Waals surface area contributed by atoms with Gasteiger partial charge in [-0.1, -0.05) is 6.07 Å². The van der Waals surface area contributed by atoms with Crippen LogP contribution in [0.25, 0.3) is 0 Å². The van der Waals surface area contributed by atoms with Gasteiger partial charge in [0.15, 0.2) is 0 Å². The molecule has 0 radical (unpaired) electrons. The second-order valence-electron chi connectivity index (χ2n) is 5.62. The van der Waals surface area contributed by atoms with Crippen molar-refractivity contribution in [3.8, 4) is 0 Å². The van der Waals surface area contributed by atoms with E-state index in [-0.39, 0.29) is 21.8 Å². The maximum absolute atomic E-state index is 13.0. The third kappa shape index (κ3) is 4.22. The summed E-state index contributed by atoms with van der Waals surface area (Å²) in [6.07, 6.45) is -18.5. The summed E-state index contributed by atoms with van der Waals surface area (Å²) in [5.74, 6) is 0. The van der Waals surface area contributed by atoms with E-state index in [1.807, 2.05) is 0 Å². The highest BCUT2D eigenvalue weighted by Gasteiger charge is 2.76. The summed E-state index contributed by atoms with van der Waals surface area (Å²) in [5.41, 5.74) is -2.18. The van der Waals surface area contributed by atoms with Gasteiger partial charge in [-0.15, -0.1) is 4.13 Å². The molecule has 5 nitrogen and oxygen atoms in total. The molecule has 1 rings (SSSR count). The van der Waals surface area contributed by atoms with E-state index < -0.39 is 60.7 Å². The lowest BCUT2D eigenvalue weighted by atomic mass is 10.1. The van der Waals surface area contributed by atoms with Gasteiger partial charge >= 0.3 is 18.5 Å². The Labute approximate surface area is 152 Å². The van der Waals surface area contributed by atoms with E-state index in [4.69, 9.17) is 0 Å². The average molecular weight is 467 g/mol. The van der Waals surface area contributed by atoms with E-state index in [0.717, 1.165) is 13.0 Å². The standard InChI is InChI=1S/C12H10F9NO4S2/c1-6-3-4-7(10(13,14)15)8(5-6)27(23,24)22-28(25,26)9(2,11(16,17)18)12(19,20)21/h3-5,22H,1-2H3. The van der Waals surface area contributed by atoms with Crippen molar-refractivity contribution < 1.29 is 56.3 Å². The van der Waals surface area contributed by atoms with Crippen molar-refractivity contribution in [2.45, 2.75) is 42.0 Å². The number of benzene rings is 1. The van der Waals surface area contributed by atoms with E-state index in [1.165, 1.54) is 0 Å². The lowest BCUT2D eigenvalue weighted by Gasteiger charge is -2.33. The minimum absolute atomic E-state index is 0.147. The van der Waals surface area contributed by atoms with Crippen molar-refractivity contribution in [2.24, 2.45) is 0 Å². The molecule has 0 aromatic heterocycles. The van der Waals surface area contributed by atoms with Crippen LogP contribution in [0.2, 0.25) is 0 Å². The van der Waals surface area contributed by atoms with Crippen LogP contribution >= 0.6 is 0 Å². The van der Waals surface area contributed by atoms with Crippen LogP contribution in [0.5, 0.6) is 0 Å². The van der Waals surface area contributed by atoms with Crippen molar-refractivity contribution in [1.29, 1.82) is 0 Å². The molecule has 0 saturated carbocycles. The first-order chi connectivity index (χ1) is 12.1. The number of nitrogens with one attached hydrogen (secondary N) is 1. The van der Waals surface area contributed by atoms with Crippen molar-refractivity contribution >= 4 is 20.0 Å². The summed E-state index contributed by atoms with van der Waals surface area (Å²) in [6, 6.07) is 1.19. The van der Waals surface area contributed by atoms with Crippen LogP contribution < -0.4 is 4.13 Å². The fourth-order valence-electron chi connectivity index (χ4n) is 1.82. The minimum atomic E-state index is -6.87. The van der Waals surface area contributed by atoms with Gasteiger partial charge in [0.05, 0.1) is 10.5 Å². The van der Waals surface area contributed by atoms with Crippen molar-refractivity contribution in [1.82, 2.24) is 4.13 Å². The van der Waals surface area contributed by atoms with Gasteiger partial charge in [0, 0.05) is 0 Å². The van der Waals surface area contributed by atoms with E-state index >= 15 is 0 Å². The molecule has 0 atom stereocenters. The normalized spacial score (nSPS) is 15.0. The van der Waals surface area contributed by atoms with Gasteiger partial charge in [-0.2, -0.15) is 39.5 Å². The monoisotopic (exact) mass is 467 g/mol. The zero-order valence-electron chi connectivity index (χ0n) is 13.6. The molecule has 1 N–H and O–H groups in total. The van der Waals surface area contributed by atoms with Gasteiger partial charge in [-0.25, -0.2) is 16.8 Å². The second-order valence-corrected chi connectivity index (χ2v) is 9.55. The molecule has 0 heterocycles. The summed E-state index contributed by atoms with van der Waals surface area (Å²) in [5, 5.41) is 0. The number of rotatable bonds is 4. The van der Waals surface area contributed by atoms with Crippen LogP contribution in [-0.2, 0) is 26.2 Å². The van der Waals surface area contributed by atoms with Crippen LogP contribution in [-0.4, -0.2) is 33.9 Å². The Kier molecular flexibility index (Phi) is 5.91. The summed E-state index contributed by atoms with van der Waals surface area (Å²) in [6.45, 7) is 0.203. The van der Waals surface area contributed by atoms with E-state index in [0.29, 0.717) is 0 Å². The van der Waals surface area contributed by atoms with Gasteiger partial charge in [0.1, 0.15) is 0 Å². The molecule has 0 aliphatic carbocycles. The van der Waals surface area contributed by atoms with Crippen LogP contribution in [0.1, 0.15) is 18.1 Å². The molecule has 0 spiro atoms. The molecule has 0 aliphatic heterocycles. The highest BCUT2D eigenvalue weighted by Crippen LogP contribution is 2.48. The van der Waals surface area contributed by atoms with Crippen LogP contribution in [0.4, 0.5) is 39.5 Å². The number of halogens is 9. The highest BCUT2D eigenvalue weighted by atomic mass is 32.3. The summed E-state index contributed by atoms with van der Waals surface area (Å²) < 4.78 is 158. The summed E-state index contributed by atoms with van der Waals surface area (Å²) in [7, 11) is -12.9. The smallest absolute Gasteiger partial charge is 0.210 e. The molecule has 1 aromatic carbocycles. The minimum Gasteiger partial charge on any atom is -0.210 e. The number of sulfonamides is 2. The zero-order chi connectivity index (χ0) is 22.6. The van der Waals surface area contributed by atoms with Gasteiger partial charge in [-0.05, 0) is 31.5 Å². The molecule has 0 aliphatic rings. The molecular weight excluding hydrogens is 457 g/mol. The number of aryl methyl sites for hydroxylation is 1. The largest absolute Gasteiger partial charge is 0.418 e. The van der Waals surface area contributed by atoms with Crippen molar-refractivity contribution in [3.05, 3.63) is 29.3 Å². The maximum atomic E-state index is 13.0. The Morgan fingerprint density at radius 2 is 1.25 bits per heavy atom. The Hall–Kier alpha value is -1.55. The summed E-state index contributed by atoms with van der Waals surface area (Å²) >= 11 is 0. The predicted octanol–water partition coefficient (Wildman–Crippen LogP) is 3.51. The van der Waals surface area contributed by atoms with E-state index in [2.05, 4.69) is 0 Å². The van der Waals surface area contributed by atoms with E-state index in [9.17, 15) is 56.3 Å². The first-order valence-corrected chi connectivity index (χ1v) is 9.64. The first kappa shape index (κ1) is 24.5. The number of hydrogen-bond donors (Lipinski definition) is 1. The zero-order valence-corrected chi connectivity index (χ0v) is 15.2. The number of alkyl halides is 9. The topological polar surface area (TPSA) is 80.3 Å². The lowest BCUT2D eigenvalue weighted by molar-refractivity contribution is -0.261. The second kappa shape index (κ2) is 6.76. The Morgan fingerprint density at radius 1 is 0.821 bits per heavy atom. The highest BCUT2D eigenvalue weighted by molar-refractivity contribution is 8.05. The molecule has 0 saturated heterocycles. The van der Waals surface area contributed by atoms with Crippen molar-refractivity contribution in [3.63, 3.8) is 0 Å². The fraction of sp³-hybridized carbons (Fsp3) is 0.500. The third-order valence-electron chi connectivity index (χ3n) is 3.57. The SMILES string of the molecule is Cc1ccc(C(F)(F)F)c(S(=O)(=O)NS(=O)(=O)C(C)(C(F)(F)F)C(F)(F)F)c1.